The first-order valence-electron chi connectivity index (χ1n) is 5.93. The Morgan fingerprint density at radius 3 is 2.75 bits per heavy atom. The second-order valence-corrected chi connectivity index (χ2v) is 4.08. The number of ether oxygens (including phenoxy) is 1. The van der Waals surface area contributed by atoms with Crippen LogP contribution < -0.4 is 15.8 Å². The molecule has 0 spiro atoms. The third-order valence-electron chi connectivity index (χ3n) is 2.66. The topological polar surface area (TPSA) is 47.3 Å². The van der Waals surface area contributed by atoms with Gasteiger partial charge in [-0.05, 0) is 25.0 Å². The van der Waals surface area contributed by atoms with Crippen molar-refractivity contribution in [1.29, 1.82) is 0 Å². The molecule has 90 valence electrons. The highest BCUT2D eigenvalue weighted by molar-refractivity contribution is 5.61. The molecule has 1 aromatic rings. The SMILES string of the molecule is CCOc1cc(NCC(C)CC)ccc1N. The number of hydrogen-bond acceptors (Lipinski definition) is 3. The Kier molecular flexibility index (Phi) is 4.96. The lowest BCUT2D eigenvalue weighted by molar-refractivity contribution is 0.342. The van der Waals surface area contributed by atoms with Gasteiger partial charge in [-0.3, -0.25) is 0 Å². The molecule has 16 heavy (non-hydrogen) atoms. The van der Waals surface area contributed by atoms with Gasteiger partial charge in [-0.15, -0.1) is 0 Å². The van der Waals surface area contributed by atoms with Crippen LogP contribution in [-0.2, 0) is 0 Å². The van der Waals surface area contributed by atoms with Crippen molar-refractivity contribution in [2.24, 2.45) is 5.92 Å². The van der Waals surface area contributed by atoms with Gasteiger partial charge in [0, 0.05) is 18.3 Å². The van der Waals surface area contributed by atoms with Crippen molar-refractivity contribution in [3.63, 3.8) is 0 Å². The third kappa shape index (κ3) is 3.65. The lowest BCUT2D eigenvalue weighted by Crippen LogP contribution is -2.10. The molecule has 1 unspecified atom stereocenters. The molecule has 3 heteroatoms. The van der Waals surface area contributed by atoms with Crippen molar-refractivity contribution in [1.82, 2.24) is 0 Å². The van der Waals surface area contributed by atoms with E-state index in [2.05, 4.69) is 19.2 Å². The van der Waals surface area contributed by atoms with Crippen molar-refractivity contribution in [2.45, 2.75) is 27.2 Å². The third-order valence-corrected chi connectivity index (χ3v) is 2.66. The van der Waals surface area contributed by atoms with Gasteiger partial charge in [0.2, 0.25) is 0 Å². The summed E-state index contributed by atoms with van der Waals surface area (Å²) in [6, 6.07) is 5.82. The minimum atomic E-state index is 0.638. The molecular weight excluding hydrogens is 200 g/mol. The summed E-state index contributed by atoms with van der Waals surface area (Å²) in [5.74, 6) is 1.43. The van der Waals surface area contributed by atoms with E-state index in [-0.39, 0.29) is 0 Å². The van der Waals surface area contributed by atoms with E-state index in [0.717, 1.165) is 18.0 Å². The van der Waals surface area contributed by atoms with E-state index in [1.54, 1.807) is 0 Å². The van der Waals surface area contributed by atoms with Crippen LogP contribution in [0, 0.1) is 5.92 Å². The van der Waals surface area contributed by atoms with Gasteiger partial charge in [0.05, 0.1) is 12.3 Å². The Bertz CT molecular complexity index is 326. The summed E-state index contributed by atoms with van der Waals surface area (Å²) in [5, 5.41) is 3.39. The Morgan fingerprint density at radius 2 is 2.12 bits per heavy atom. The van der Waals surface area contributed by atoms with Crippen molar-refractivity contribution in [3.8, 4) is 5.75 Å². The highest BCUT2D eigenvalue weighted by Crippen LogP contribution is 2.25. The van der Waals surface area contributed by atoms with Crippen molar-refractivity contribution in [3.05, 3.63) is 18.2 Å². The zero-order chi connectivity index (χ0) is 12.0. The smallest absolute Gasteiger partial charge is 0.144 e. The molecule has 0 radical (unpaired) electrons. The maximum Gasteiger partial charge on any atom is 0.144 e. The Balaban J connectivity index is 2.63. The fourth-order valence-corrected chi connectivity index (χ4v) is 1.36. The summed E-state index contributed by atoms with van der Waals surface area (Å²) in [4.78, 5) is 0. The van der Waals surface area contributed by atoms with Crippen LogP contribution in [-0.4, -0.2) is 13.2 Å². The Labute approximate surface area is 98.0 Å². The quantitative estimate of drug-likeness (QED) is 0.727. The van der Waals surface area contributed by atoms with E-state index >= 15 is 0 Å². The molecule has 0 aliphatic heterocycles. The van der Waals surface area contributed by atoms with Crippen LogP contribution >= 0.6 is 0 Å². The molecule has 0 aromatic heterocycles. The molecule has 0 amide bonds. The van der Waals surface area contributed by atoms with E-state index < -0.39 is 0 Å². The first kappa shape index (κ1) is 12.7. The molecular formula is C13H22N2O. The van der Waals surface area contributed by atoms with Gasteiger partial charge >= 0.3 is 0 Å². The highest BCUT2D eigenvalue weighted by atomic mass is 16.5. The number of anilines is 2. The number of nitrogen functional groups attached to an aromatic ring is 1. The van der Waals surface area contributed by atoms with E-state index in [0.29, 0.717) is 18.2 Å². The molecule has 1 atom stereocenters. The molecule has 0 bridgehead atoms. The molecule has 0 saturated carbocycles. The molecule has 3 nitrogen and oxygen atoms in total. The van der Waals surface area contributed by atoms with Crippen LogP contribution in [0.5, 0.6) is 5.75 Å². The molecule has 0 aliphatic carbocycles. The molecule has 3 N–H and O–H groups in total. The standard InChI is InChI=1S/C13H22N2O/c1-4-10(3)9-15-11-6-7-12(14)13(8-11)16-5-2/h6-8,10,15H,4-5,9,14H2,1-3H3. The van der Waals surface area contributed by atoms with Crippen LogP contribution in [0.3, 0.4) is 0 Å². The maximum atomic E-state index is 5.80. The lowest BCUT2D eigenvalue weighted by atomic mass is 10.1. The number of nitrogens with one attached hydrogen (secondary N) is 1. The van der Waals surface area contributed by atoms with Crippen LogP contribution in [0.15, 0.2) is 18.2 Å². The summed E-state index contributed by atoms with van der Waals surface area (Å²) in [5.41, 5.74) is 7.56. The number of hydrogen-bond donors (Lipinski definition) is 2. The van der Waals surface area contributed by atoms with Crippen LogP contribution in [0.1, 0.15) is 27.2 Å². The fourth-order valence-electron chi connectivity index (χ4n) is 1.36. The van der Waals surface area contributed by atoms with Gasteiger partial charge in [0.1, 0.15) is 5.75 Å². The van der Waals surface area contributed by atoms with Gasteiger partial charge in [-0.1, -0.05) is 20.3 Å². The molecule has 1 rings (SSSR count). The van der Waals surface area contributed by atoms with E-state index in [4.69, 9.17) is 10.5 Å². The van der Waals surface area contributed by atoms with Gasteiger partial charge in [0.25, 0.3) is 0 Å². The summed E-state index contributed by atoms with van der Waals surface area (Å²) in [6.07, 6.45) is 1.18. The Morgan fingerprint density at radius 1 is 1.38 bits per heavy atom. The number of nitrogens with two attached hydrogens (primary N) is 1. The molecule has 0 aliphatic rings. The van der Waals surface area contributed by atoms with Crippen molar-refractivity contribution >= 4 is 11.4 Å². The molecule has 0 heterocycles. The van der Waals surface area contributed by atoms with E-state index in [9.17, 15) is 0 Å². The first-order chi connectivity index (χ1) is 7.67. The van der Waals surface area contributed by atoms with Crippen LogP contribution in [0.4, 0.5) is 11.4 Å². The fraction of sp³-hybridized carbons (Fsp3) is 0.538. The van der Waals surface area contributed by atoms with Gasteiger partial charge in [-0.25, -0.2) is 0 Å². The van der Waals surface area contributed by atoms with Gasteiger partial charge < -0.3 is 15.8 Å². The summed E-state index contributed by atoms with van der Waals surface area (Å²) >= 11 is 0. The minimum absolute atomic E-state index is 0.638. The number of rotatable bonds is 6. The maximum absolute atomic E-state index is 5.80. The monoisotopic (exact) mass is 222 g/mol. The van der Waals surface area contributed by atoms with Crippen molar-refractivity contribution in [2.75, 3.05) is 24.2 Å². The van der Waals surface area contributed by atoms with E-state index in [1.807, 2.05) is 25.1 Å². The van der Waals surface area contributed by atoms with Crippen molar-refractivity contribution < 1.29 is 4.74 Å². The largest absolute Gasteiger partial charge is 0.492 e. The lowest BCUT2D eigenvalue weighted by Gasteiger charge is -2.13. The predicted molar refractivity (Wildman–Crippen MR) is 70.0 cm³/mol. The summed E-state index contributed by atoms with van der Waals surface area (Å²) in [7, 11) is 0. The zero-order valence-corrected chi connectivity index (χ0v) is 10.4. The molecule has 1 aromatic carbocycles. The normalized spacial score (nSPS) is 12.2. The molecule has 0 saturated heterocycles. The minimum Gasteiger partial charge on any atom is -0.492 e. The van der Waals surface area contributed by atoms with E-state index in [1.165, 1.54) is 6.42 Å². The summed E-state index contributed by atoms with van der Waals surface area (Å²) < 4.78 is 5.45. The zero-order valence-electron chi connectivity index (χ0n) is 10.4. The second-order valence-electron chi connectivity index (χ2n) is 4.08. The Hall–Kier alpha value is -1.38. The van der Waals surface area contributed by atoms with Gasteiger partial charge in [0.15, 0.2) is 0 Å². The highest BCUT2D eigenvalue weighted by Gasteiger charge is 2.03. The van der Waals surface area contributed by atoms with Crippen LogP contribution in [0.2, 0.25) is 0 Å². The molecule has 0 fully saturated rings. The first-order valence-corrected chi connectivity index (χ1v) is 5.93. The average Bonchev–Trinajstić information content (AvgIpc) is 2.30. The second kappa shape index (κ2) is 6.26. The summed E-state index contributed by atoms with van der Waals surface area (Å²) in [6.45, 7) is 8.00. The van der Waals surface area contributed by atoms with Gasteiger partial charge in [-0.2, -0.15) is 0 Å². The van der Waals surface area contributed by atoms with Crippen LogP contribution in [0.25, 0.3) is 0 Å². The number of benzene rings is 1. The average molecular weight is 222 g/mol. The predicted octanol–water partition coefficient (Wildman–Crippen LogP) is 3.13.